The number of hydrogen-bond acceptors (Lipinski definition) is 3. The Labute approximate surface area is 110 Å². The Kier molecular flexibility index (Phi) is 3.64. The molecule has 0 aliphatic carbocycles. The average molecular weight is 248 g/mol. The van der Waals surface area contributed by atoms with Crippen LogP contribution in [-0.4, -0.2) is 36.4 Å². The lowest BCUT2D eigenvalue weighted by Gasteiger charge is -2.30. The normalized spacial score (nSPS) is 29.2. The van der Waals surface area contributed by atoms with Crippen LogP contribution in [0.15, 0.2) is 18.2 Å². The summed E-state index contributed by atoms with van der Waals surface area (Å²) in [6, 6.07) is 6.96. The molecule has 1 aliphatic heterocycles. The van der Waals surface area contributed by atoms with Gasteiger partial charge in [-0.05, 0) is 51.0 Å². The minimum Gasteiger partial charge on any atom is -0.387 e. The Morgan fingerprint density at radius 3 is 2.50 bits per heavy atom. The number of aryl methyl sites for hydroxylation is 2. The number of nitrogens with one attached hydrogen (secondary N) is 1. The van der Waals surface area contributed by atoms with E-state index in [0.717, 1.165) is 6.54 Å². The van der Waals surface area contributed by atoms with Crippen LogP contribution < -0.4 is 10.2 Å². The fourth-order valence-electron chi connectivity index (χ4n) is 2.65. The standard InChI is InChI=1S/C15H24N2O/c1-11-5-12(2)7-14(6-11)17-8-13(3)16-9-15(4,18)10-17/h5-7,13,16,18H,8-10H2,1-4H3. The summed E-state index contributed by atoms with van der Waals surface area (Å²) in [6.45, 7) is 10.6. The molecule has 2 rings (SSSR count). The van der Waals surface area contributed by atoms with E-state index in [4.69, 9.17) is 0 Å². The summed E-state index contributed by atoms with van der Waals surface area (Å²) in [5, 5.41) is 13.7. The summed E-state index contributed by atoms with van der Waals surface area (Å²) in [4.78, 5) is 2.28. The van der Waals surface area contributed by atoms with E-state index in [-0.39, 0.29) is 0 Å². The highest BCUT2D eigenvalue weighted by Gasteiger charge is 2.29. The van der Waals surface area contributed by atoms with Gasteiger partial charge in [0.05, 0.1) is 5.60 Å². The third-order valence-electron chi connectivity index (χ3n) is 3.43. The van der Waals surface area contributed by atoms with Crippen LogP contribution in [0.4, 0.5) is 5.69 Å². The van der Waals surface area contributed by atoms with Crippen molar-refractivity contribution in [1.82, 2.24) is 5.32 Å². The lowest BCUT2D eigenvalue weighted by Crippen LogP contribution is -2.43. The number of aliphatic hydroxyl groups is 1. The monoisotopic (exact) mass is 248 g/mol. The highest BCUT2D eigenvalue weighted by Crippen LogP contribution is 2.22. The Balaban J connectivity index is 2.29. The lowest BCUT2D eigenvalue weighted by molar-refractivity contribution is 0.0718. The van der Waals surface area contributed by atoms with Gasteiger partial charge in [-0.15, -0.1) is 0 Å². The maximum absolute atomic E-state index is 10.3. The van der Waals surface area contributed by atoms with Crippen molar-refractivity contribution in [2.75, 3.05) is 24.5 Å². The van der Waals surface area contributed by atoms with Crippen LogP contribution >= 0.6 is 0 Å². The van der Waals surface area contributed by atoms with Crippen molar-refractivity contribution in [2.24, 2.45) is 0 Å². The van der Waals surface area contributed by atoms with Crippen LogP contribution in [0.2, 0.25) is 0 Å². The summed E-state index contributed by atoms with van der Waals surface area (Å²) in [7, 11) is 0. The van der Waals surface area contributed by atoms with E-state index in [1.54, 1.807) is 0 Å². The van der Waals surface area contributed by atoms with E-state index in [1.807, 2.05) is 6.92 Å². The Morgan fingerprint density at radius 1 is 1.28 bits per heavy atom. The zero-order valence-corrected chi connectivity index (χ0v) is 11.8. The maximum atomic E-state index is 10.3. The van der Waals surface area contributed by atoms with Gasteiger partial charge in [-0.25, -0.2) is 0 Å². The van der Waals surface area contributed by atoms with Crippen LogP contribution in [0.25, 0.3) is 0 Å². The van der Waals surface area contributed by atoms with Crippen LogP contribution in [-0.2, 0) is 0 Å². The van der Waals surface area contributed by atoms with Gasteiger partial charge in [-0.3, -0.25) is 0 Å². The predicted molar refractivity (Wildman–Crippen MR) is 76.2 cm³/mol. The lowest BCUT2D eigenvalue weighted by atomic mass is 10.1. The van der Waals surface area contributed by atoms with Gasteiger partial charge in [-0.1, -0.05) is 6.07 Å². The first kappa shape index (κ1) is 13.4. The molecule has 0 aromatic heterocycles. The highest BCUT2D eigenvalue weighted by atomic mass is 16.3. The fraction of sp³-hybridized carbons (Fsp3) is 0.600. The quantitative estimate of drug-likeness (QED) is 0.796. The van der Waals surface area contributed by atoms with Gasteiger partial charge in [0, 0.05) is 31.4 Å². The van der Waals surface area contributed by atoms with Gasteiger partial charge >= 0.3 is 0 Å². The Morgan fingerprint density at radius 2 is 1.89 bits per heavy atom. The summed E-state index contributed by atoms with van der Waals surface area (Å²) in [5.41, 5.74) is 3.08. The topological polar surface area (TPSA) is 35.5 Å². The molecule has 2 atom stereocenters. The molecule has 100 valence electrons. The first-order chi connectivity index (χ1) is 8.35. The smallest absolute Gasteiger partial charge is 0.0917 e. The van der Waals surface area contributed by atoms with Crippen molar-refractivity contribution in [3.63, 3.8) is 0 Å². The first-order valence-electron chi connectivity index (χ1n) is 6.65. The molecular weight excluding hydrogens is 224 g/mol. The van der Waals surface area contributed by atoms with Crippen LogP contribution in [0.1, 0.15) is 25.0 Å². The third kappa shape index (κ3) is 3.24. The van der Waals surface area contributed by atoms with Crippen LogP contribution in [0.5, 0.6) is 0 Å². The third-order valence-corrected chi connectivity index (χ3v) is 3.43. The largest absolute Gasteiger partial charge is 0.387 e. The summed E-state index contributed by atoms with van der Waals surface area (Å²) >= 11 is 0. The SMILES string of the molecule is Cc1cc(C)cc(N2CC(C)NCC(C)(O)C2)c1. The highest BCUT2D eigenvalue weighted by molar-refractivity contribution is 5.51. The second-order valence-electron chi connectivity index (χ2n) is 6.01. The van der Waals surface area contributed by atoms with Crippen molar-refractivity contribution in [3.8, 4) is 0 Å². The van der Waals surface area contributed by atoms with Gasteiger partial charge < -0.3 is 15.3 Å². The minimum absolute atomic E-state index is 0.389. The summed E-state index contributed by atoms with van der Waals surface area (Å²) in [6.07, 6.45) is 0. The number of nitrogens with zero attached hydrogens (tertiary/aromatic N) is 1. The van der Waals surface area contributed by atoms with Gasteiger partial charge in [0.1, 0.15) is 0 Å². The van der Waals surface area contributed by atoms with Crippen molar-refractivity contribution in [3.05, 3.63) is 29.3 Å². The molecule has 1 heterocycles. The molecule has 1 fully saturated rings. The van der Waals surface area contributed by atoms with E-state index in [9.17, 15) is 5.11 Å². The average Bonchev–Trinajstić information content (AvgIpc) is 2.36. The number of hydrogen-bond donors (Lipinski definition) is 2. The van der Waals surface area contributed by atoms with Crippen LogP contribution in [0, 0.1) is 13.8 Å². The molecule has 0 bridgehead atoms. The molecule has 2 N–H and O–H groups in total. The molecule has 2 unspecified atom stereocenters. The minimum atomic E-state index is -0.678. The molecule has 18 heavy (non-hydrogen) atoms. The second-order valence-corrected chi connectivity index (χ2v) is 6.01. The van der Waals surface area contributed by atoms with E-state index in [0.29, 0.717) is 19.1 Å². The zero-order valence-electron chi connectivity index (χ0n) is 11.8. The van der Waals surface area contributed by atoms with Gasteiger partial charge in [0.15, 0.2) is 0 Å². The van der Waals surface area contributed by atoms with Crippen LogP contribution in [0.3, 0.4) is 0 Å². The van der Waals surface area contributed by atoms with Crippen molar-refractivity contribution >= 4 is 5.69 Å². The number of rotatable bonds is 1. The molecule has 3 nitrogen and oxygen atoms in total. The van der Waals surface area contributed by atoms with E-state index >= 15 is 0 Å². The molecule has 0 amide bonds. The Hall–Kier alpha value is -1.06. The Bertz CT molecular complexity index is 408. The van der Waals surface area contributed by atoms with E-state index in [1.165, 1.54) is 16.8 Å². The number of benzene rings is 1. The summed E-state index contributed by atoms with van der Waals surface area (Å²) < 4.78 is 0. The molecule has 0 radical (unpaired) electrons. The first-order valence-corrected chi connectivity index (χ1v) is 6.65. The molecule has 1 aromatic carbocycles. The molecule has 1 aliphatic rings. The molecule has 3 heteroatoms. The van der Waals surface area contributed by atoms with Gasteiger partial charge in [-0.2, -0.15) is 0 Å². The number of anilines is 1. The van der Waals surface area contributed by atoms with E-state index in [2.05, 4.69) is 49.2 Å². The predicted octanol–water partition coefficient (Wildman–Crippen LogP) is 1.85. The zero-order chi connectivity index (χ0) is 13.3. The molecule has 0 saturated carbocycles. The molecular formula is C15H24N2O. The van der Waals surface area contributed by atoms with Crippen molar-refractivity contribution in [1.29, 1.82) is 0 Å². The van der Waals surface area contributed by atoms with Crippen molar-refractivity contribution in [2.45, 2.75) is 39.3 Å². The molecule has 1 saturated heterocycles. The molecule has 1 aromatic rings. The fourth-order valence-corrected chi connectivity index (χ4v) is 2.65. The van der Waals surface area contributed by atoms with Gasteiger partial charge in [0.2, 0.25) is 0 Å². The maximum Gasteiger partial charge on any atom is 0.0917 e. The van der Waals surface area contributed by atoms with Gasteiger partial charge in [0.25, 0.3) is 0 Å². The number of β-amino-alcohol motifs (C(OH)–C–C–N with tert-alkyl or cyclic N) is 1. The molecule has 0 spiro atoms. The van der Waals surface area contributed by atoms with E-state index < -0.39 is 5.60 Å². The summed E-state index contributed by atoms with van der Waals surface area (Å²) in [5.74, 6) is 0. The second kappa shape index (κ2) is 4.90. The van der Waals surface area contributed by atoms with Crippen molar-refractivity contribution < 1.29 is 5.11 Å².